The Hall–Kier alpha value is -2.69. The molecule has 0 saturated heterocycles. The summed E-state index contributed by atoms with van der Waals surface area (Å²) >= 11 is 0. The van der Waals surface area contributed by atoms with Crippen molar-refractivity contribution in [3.05, 3.63) is 36.4 Å². The maximum atomic E-state index is 5.47. The Labute approximate surface area is 122 Å². The summed E-state index contributed by atoms with van der Waals surface area (Å²) in [6.45, 7) is 0. The number of aromatic nitrogens is 2. The Balaban J connectivity index is 2.18. The van der Waals surface area contributed by atoms with Crippen molar-refractivity contribution in [2.24, 2.45) is 0 Å². The van der Waals surface area contributed by atoms with Gasteiger partial charge in [0, 0.05) is 17.7 Å². The van der Waals surface area contributed by atoms with Crippen LogP contribution in [-0.2, 0) is 0 Å². The highest BCUT2D eigenvalue weighted by molar-refractivity contribution is 5.98. The largest absolute Gasteiger partial charge is 0.497 e. The van der Waals surface area contributed by atoms with Crippen molar-refractivity contribution in [2.45, 2.75) is 0 Å². The molecule has 0 bridgehead atoms. The molecule has 2 aromatic carbocycles. The van der Waals surface area contributed by atoms with E-state index in [1.807, 2.05) is 36.4 Å². The highest BCUT2D eigenvalue weighted by atomic mass is 16.5. The lowest BCUT2D eigenvalue weighted by atomic mass is 10.1. The molecule has 0 atom stereocenters. The Morgan fingerprint density at radius 3 is 2.19 bits per heavy atom. The SMILES string of the molecule is COc1ccc(-c2n[nH]c3cc(OC)cc(OC)c23)cc1. The number of hydrogen-bond donors (Lipinski definition) is 1. The molecule has 0 amide bonds. The molecule has 0 aliphatic carbocycles. The Kier molecular flexibility index (Phi) is 3.39. The highest BCUT2D eigenvalue weighted by Crippen LogP contribution is 2.37. The number of nitrogens with one attached hydrogen (secondary N) is 1. The number of rotatable bonds is 4. The summed E-state index contributed by atoms with van der Waals surface area (Å²) in [4.78, 5) is 0. The molecule has 0 fully saturated rings. The molecule has 1 N–H and O–H groups in total. The number of H-pyrrole nitrogens is 1. The van der Waals surface area contributed by atoms with Crippen molar-refractivity contribution in [3.63, 3.8) is 0 Å². The number of hydrogen-bond acceptors (Lipinski definition) is 4. The number of nitrogens with zero attached hydrogens (tertiary/aromatic N) is 1. The van der Waals surface area contributed by atoms with Crippen LogP contribution in [0.1, 0.15) is 0 Å². The normalized spacial score (nSPS) is 10.6. The zero-order valence-electron chi connectivity index (χ0n) is 12.1. The fraction of sp³-hybridized carbons (Fsp3) is 0.188. The summed E-state index contributed by atoms with van der Waals surface area (Å²) in [6, 6.07) is 11.5. The Morgan fingerprint density at radius 1 is 0.857 bits per heavy atom. The summed E-state index contributed by atoms with van der Waals surface area (Å²) in [5.41, 5.74) is 2.70. The van der Waals surface area contributed by atoms with Gasteiger partial charge in [0.05, 0.1) is 32.2 Å². The van der Waals surface area contributed by atoms with Crippen LogP contribution in [0.3, 0.4) is 0 Å². The van der Waals surface area contributed by atoms with E-state index in [0.717, 1.165) is 39.4 Å². The molecular weight excluding hydrogens is 268 g/mol. The minimum atomic E-state index is 0.726. The first kappa shape index (κ1) is 13.3. The number of fused-ring (bicyclic) bond motifs is 1. The molecule has 108 valence electrons. The first-order valence-electron chi connectivity index (χ1n) is 6.51. The van der Waals surface area contributed by atoms with Crippen LogP contribution < -0.4 is 14.2 Å². The predicted octanol–water partition coefficient (Wildman–Crippen LogP) is 3.26. The lowest BCUT2D eigenvalue weighted by Crippen LogP contribution is -1.89. The second-order valence-corrected chi connectivity index (χ2v) is 4.55. The second kappa shape index (κ2) is 5.36. The molecule has 5 heteroatoms. The molecule has 3 rings (SSSR count). The van der Waals surface area contributed by atoms with Crippen molar-refractivity contribution >= 4 is 10.9 Å². The van der Waals surface area contributed by atoms with E-state index in [2.05, 4.69) is 10.2 Å². The maximum Gasteiger partial charge on any atom is 0.134 e. The number of aromatic amines is 1. The van der Waals surface area contributed by atoms with Gasteiger partial charge in [0.15, 0.2) is 0 Å². The van der Waals surface area contributed by atoms with E-state index in [4.69, 9.17) is 14.2 Å². The molecule has 0 unspecified atom stereocenters. The molecule has 0 radical (unpaired) electrons. The van der Waals surface area contributed by atoms with Gasteiger partial charge in [-0.25, -0.2) is 0 Å². The van der Waals surface area contributed by atoms with Crippen molar-refractivity contribution < 1.29 is 14.2 Å². The lowest BCUT2D eigenvalue weighted by Gasteiger charge is -2.07. The van der Waals surface area contributed by atoms with Gasteiger partial charge in [-0.05, 0) is 24.3 Å². The van der Waals surface area contributed by atoms with Gasteiger partial charge in [-0.2, -0.15) is 5.10 Å². The predicted molar refractivity (Wildman–Crippen MR) is 81.2 cm³/mol. The van der Waals surface area contributed by atoms with Gasteiger partial charge in [-0.1, -0.05) is 0 Å². The van der Waals surface area contributed by atoms with Crippen LogP contribution in [0.2, 0.25) is 0 Å². The summed E-state index contributed by atoms with van der Waals surface area (Å²) in [7, 11) is 4.91. The van der Waals surface area contributed by atoms with Gasteiger partial charge in [0.1, 0.15) is 22.9 Å². The molecule has 21 heavy (non-hydrogen) atoms. The van der Waals surface area contributed by atoms with Gasteiger partial charge in [0.2, 0.25) is 0 Å². The minimum Gasteiger partial charge on any atom is -0.497 e. The first-order valence-corrected chi connectivity index (χ1v) is 6.51. The summed E-state index contributed by atoms with van der Waals surface area (Å²) < 4.78 is 15.9. The zero-order chi connectivity index (χ0) is 14.8. The second-order valence-electron chi connectivity index (χ2n) is 4.55. The fourth-order valence-corrected chi connectivity index (χ4v) is 2.33. The van der Waals surface area contributed by atoms with E-state index >= 15 is 0 Å². The van der Waals surface area contributed by atoms with Crippen molar-refractivity contribution in [1.29, 1.82) is 0 Å². The number of benzene rings is 2. The monoisotopic (exact) mass is 284 g/mol. The van der Waals surface area contributed by atoms with Gasteiger partial charge in [-0.15, -0.1) is 0 Å². The molecule has 5 nitrogen and oxygen atoms in total. The third-order valence-electron chi connectivity index (χ3n) is 3.42. The van der Waals surface area contributed by atoms with E-state index in [1.165, 1.54) is 0 Å². The third-order valence-corrected chi connectivity index (χ3v) is 3.42. The molecule has 0 saturated carbocycles. The van der Waals surface area contributed by atoms with Crippen molar-refractivity contribution in [3.8, 4) is 28.5 Å². The van der Waals surface area contributed by atoms with Gasteiger partial charge >= 0.3 is 0 Å². The van der Waals surface area contributed by atoms with E-state index in [9.17, 15) is 0 Å². The Bertz CT molecular complexity index is 763. The fourth-order valence-electron chi connectivity index (χ4n) is 2.33. The Morgan fingerprint density at radius 2 is 1.57 bits per heavy atom. The molecule has 0 aliphatic rings. The third kappa shape index (κ3) is 2.27. The standard InChI is InChI=1S/C16H16N2O3/c1-19-11-6-4-10(5-7-11)16-15-13(17-18-16)8-12(20-2)9-14(15)21-3/h4-9H,1-3H3,(H,17,18). The molecule has 3 aromatic rings. The average Bonchev–Trinajstić information content (AvgIpc) is 2.97. The van der Waals surface area contributed by atoms with Crippen LogP contribution in [0.4, 0.5) is 0 Å². The summed E-state index contributed by atoms with van der Waals surface area (Å²) in [6.07, 6.45) is 0. The quantitative estimate of drug-likeness (QED) is 0.799. The number of methoxy groups -OCH3 is 3. The van der Waals surface area contributed by atoms with E-state index in [0.29, 0.717) is 0 Å². The summed E-state index contributed by atoms with van der Waals surface area (Å²) in [5, 5.41) is 8.36. The van der Waals surface area contributed by atoms with Gasteiger partial charge in [0.25, 0.3) is 0 Å². The number of ether oxygens (including phenoxy) is 3. The highest BCUT2D eigenvalue weighted by Gasteiger charge is 2.14. The van der Waals surface area contributed by atoms with E-state index in [-0.39, 0.29) is 0 Å². The van der Waals surface area contributed by atoms with Crippen LogP contribution in [0.5, 0.6) is 17.2 Å². The van der Waals surface area contributed by atoms with Crippen molar-refractivity contribution in [2.75, 3.05) is 21.3 Å². The average molecular weight is 284 g/mol. The molecule has 1 heterocycles. The summed E-state index contributed by atoms with van der Waals surface area (Å²) in [5.74, 6) is 2.26. The van der Waals surface area contributed by atoms with E-state index in [1.54, 1.807) is 21.3 Å². The molecule has 0 aliphatic heterocycles. The molecular formula is C16H16N2O3. The van der Waals surface area contributed by atoms with Crippen LogP contribution in [0.15, 0.2) is 36.4 Å². The van der Waals surface area contributed by atoms with E-state index < -0.39 is 0 Å². The molecule has 0 spiro atoms. The van der Waals surface area contributed by atoms with Gasteiger partial charge < -0.3 is 14.2 Å². The zero-order valence-corrected chi connectivity index (χ0v) is 12.1. The van der Waals surface area contributed by atoms with Crippen LogP contribution >= 0.6 is 0 Å². The molecule has 1 aromatic heterocycles. The van der Waals surface area contributed by atoms with Crippen LogP contribution in [0.25, 0.3) is 22.2 Å². The smallest absolute Gasteiger partial charge is 0.134 e. The van der Waals surface area contributed by atoms with Crippen LogP contribution in [0, 0.1) is 0 Å². The lowest BCUT2D eigenvalue weighted by molar-refractivity contribution is 0.398. The first-order chi connectivity index (χ1) is 10.3. The topological polar surface area (TPSA) is 56.4 Å². The minimum absolute atomic E-state index is 0.726. The van der Waals surface area contributed by atoms with Crippen molar-refractivity contribution in [1.82, 2.24) is 10.2 Å². The van der Waals surface area contributed by atoms with Crippen LogP contribution in [-0.4, -0.2) is 31.5 Å². The maximum absolute atomic E-state index is 5.47. The van der Waals surface area contributed by atoms with Gasteiger partial charge in [-0.3, -0.25) is 5.10 Å².